The van der Waals surface area contributed by atoms with Crippen molar-refractivity contribution in [3.8, 4) is 0 Å². The summed E-state index contributed by atoms with van der Waals surface area (Å²) in [6.45, 7) is 4.20. The maximum Gasteiger partial charge on any atom is 0.0673 e. The lowest BCUT2D eigenvalue weighted by molar-refractivity contribution is 0.138. The molecule has 90 valence electrons. The number of hydrazine groups is 1. The van der Waals surface area contributed by atoms with Gasteiger partial charge < -0.3 is 10.6 Å². The molecule has 0 saturated carbocycles. The van der Waals surface area contributed by atoms with Crippen LogP contribution in [0, 0.1) is 0 Å². The molecule has 1 rings (SSSR count). The van der Waals surface area contributed by atoms with E-state index in [4.69, 9.17) is 11.6 Å². The summed E-state index contributed by atoms with van der Waals surface area (Å²) in [7, 11) is 4.02. The van der Waals surface area contributed by atoms with E-state index in [9.17, 15) is 0 Å². The van der Waals surface area contributed by atoms with E-state index in [0.717, 1.165) is 5.56 Å². The molecule has 0 aliphatic carbocycles. The van der Waals surface area contributed by atoms with Crippen LogP contribution in [0.4, 0.5) is 5.69 Å². The minimum atomic E-state index is -0.161. The van der Waals surface area contributed by atoms with Crippen molar-refractivity contribution >= 4 is 5.69 Å². The van der Waals surface area contributed by atoms with Crippen LogP contribution in [0.2, 0.25) is 0 Å². The molecule has 0 aliphatic heterocycles. The van der Waals surface area contributed by atoms with Gasteiger partial charge in [-0.1, -0.05) is 0 Å². The fourth-order valence-electron chi connectivity index (χ4n) is 1.59. The predicted octanol–water partition coefficient (Wildman–Crippen LogP) is 0.508. The summed E-state index contributed by atoms with van der Waals surface area (Å²) in [6.07, 6.45) is 3.43. The number of hydrogen-bond donors (Lipinski definition) is 3. The van der Waals surface area contributed by atoms with Gasteiger partial charge in [-0.05, 0) is 34.0 Å². The fraction of sp³-hybridized carbons (Fsp3) is 0.545. The number of nitrogens with two attached hydrogens (primary N) is 2. The Bertz CT molecular complexity index is 348. The summed E-state index contributed by atoms with van der Waals surface area (Å²) in [6, 6.07) is 1.71. The van der Waals surface area contributed by atoms with Crippen LogP contribution >= 0.6 is 0 Å². The summed E-state index contributed by atoms with van der Waals surface area (Å²) in [5, 5.41) is 0. The lowest BCUT2D eigenvalue weighted by Crippen LogP contribution is -2.51. The van der Waals surface area contributed by atoms with Gasteiger partial charge in [-0.2, -0.15) is 0 Å². The molecule has 0 aromatic carbocycles. The topological polar surface area (TPSA) is 80.2 Å². The Morgan fingerprint density at radius 3 is 2.50 bits per heavy atom. The summed E-state index contributed by atoms with van der Waals surface area (Å²) in [4.78, 5) is 6.19. The lowest BCUT2D eigenvalue weighted by atomic mass is 9.88. The van der Waals surface area contributed by atoms with Gasteiger partial charge in [-0.25, -0.2) is 0 Å². The van der Waals surface area contributed by atoms with Crippen molar-refractivity contribution in [1.29, 1.82) is 0 Å². The van der Waals surface area contributed by atoms with E-state index in [1.807, 2.05) is 14.1 Å². The summed E-state index contributed by atoms with van der Waals surface area (Å²) >= 11 is 0. The molecule has 5 heteroatoms. The zero-order chi connectivity index (χ0) is 12.3. The van der Waals surface area contributed by atoms with Crippen molar-refractivity contribution in [2.45, 2.75) is 25.4 Å². The second-order valence-corrected chi connectivity index (χ2v) is 4.65. The van der Waals surface area contributed by atoms with Gasteiger partial charge in [0.1, 0.15) is 0 Å². The number of nitrogens with zero attached hydrogens (tertiary/aromatic N) is 2. The average Bonchev–Trinajstić information content (AvgIpc) is 2.21. The summed E-state index contributed by atoms with van der Waals surface area (Å²) in [5.74, 6) is 5.64. The van der Waals surface area contributed by atoms with Crippen LogP contribution in [0.25, 0.3) is 0 Å². The van der Waals surface area contributed by atoms with Crippen LogP contribution in [0.15, 0.2) is 18.5 Å². The number of hydrogen-bond acceptors (Lipinski definition) is 5. The molecule has 0 aliphatic rings. The minimum Gasteiger partial charge on any atom is -0.398 e. The number of nitrogen functional groups attached to an aromatic ring is 1. The van der Waals surface area contributed by atoms with Crippen molar-refractivity contribution in [3.63, 3.8) is 0 Å². The van der Waals surface area contributed by atoms with E-state index >= 15 is 0 Å². The molecule has 5 nitrogen and oxygen atoms in total. The second kappa shape index (κ2) is 4.78. The van der Waals surface area contributed by atoms with Gasteiger partial charge >= 0.3 is 0 Å². The zero-order valence-electron chi connectivity index (χ0n) is 10.4. The van der Waals surface area contributed by atoms with Gasteiger partial charge in [0.2, 0.25) is 0 Å². The highest BCUT2D eigenvalue weighted by molar-refractivity contribution is 5.47. The molecule has 0 saturated heterocycles. The third-order valence-corrected chi connectivity index (χ3v) is 3.22. The second-order valence-electron chi connectivity index (χ2n) is 4.65. The molecular formula is C11H21N5. The van der Waals surface area contributed by atoms with Crippen LogP contribution < -0.4 is 17.0 Å². The van der Waals surface area contributed by atoms with E-state index in [1.54, 1.807) is 18.5 Å². The molecule has 0 bridgehead atoms. The van der Waals surface area contributed by atoms with Gasteiger partial charge in [0, 0.05) is 29.2 Å². The molecule has 1 heterocycles. The molecule has 1 aromatic heterocycles. The van der Waals surface area contributed by atoms with E-state index < -0.39 is 0 Å². The summed E-state index contributed by atoms with van der Waals surface area (Å²) < 4.78 is 0. The first-order chi connectivity index (χ1) is 7.41. The van der Waals surface area contributed by atoms with Crippen molar-refractivity contribution in [2.24, 2.45) is 5.84 Å². The van der Waals surface area contributed by atoms with Crippen molar-refractivity contribution in [3.05, 3.63) is 24.0 Å². The first-order valence-electron chi connectivity index (χ1n) is 5.24. The fourth-order valence-corrected chi connectivity index (χ4v) is 1.59. The minimum absolute atomic E-state index is 0.0730. The Balaban J connectivity index is 3.13. The Labute approximate surface area is 96.8 Å². The van der Waals surface area contributed by atoms with Crippen LogP contribution in [0.3, 0.4) is 0 Å². The third-order valence-electron chi connectivity index (χ3n) is 3.22. The number of pyridine rings is 1. The number of nitrogens with one attached hydrogen (secondary N) is 1. The Morgan fingerprint density at radius 1 is 1.44 bits per heavy atom. The van der Waals surface area contributed by atoms with Gasteiger partial charge in [0.05, 0.1) is 6.04 Å². The van der Waals surface area contributed by atoms with Gasteiger partial charge in [0.25, 0.3) is 0 Å². The Morgan fingerprint density at radius 2 is 2.06 bits per heavy atom. The molecule has 0 spiro atoms. The molecule has 5 N–H and O–H groups in total. The first kappa shape index (κ1) is 12.9. The van der Waals surface area contributed by atoms with Crippen molar-refractivity contribution < 1.29 is 0 Å². The largest absolute Gasteiger partial charge is 0.398 e. The van der Waals surface area contributed by atoms with Crippen LogP contribution in [0.5, 0.6) is 0 Å². The van der Waals surface area contributed by atoms with Gasteiger partial charge in [0.15, 0.2) is 0 Å². The Kier molecular flexibility index (Phi) is 3.85. The quantitative estimate of drug-likeness (QED) is 0.512. The number of rotatable bonds is 4. The number of likely N-dealkylation sites (N-methyl/N-ethyl adjacent to an activating group) is 1. The lowest BCUT2D eigenvalue weighted by Gasteiger charge is -2.40. The normalized spacial score (nSPS) is 14.1. The Hall–Kier alpha value is -1.17. The predicted molar refractivity (Wildman–Crippen MR) is 66.5 cm³/mol. The van der Waals surface area contributed by atoms with E-state index in [1.165, 1.54) is 0 Å². The van der Waals surface area contributed by atoms with Crippen LogP contribution in [0.1, 0.15) is 25.5 Å². The highest BCUT2D eigenvalue weighted by Crippen LogP contribution is 2.31. The average molecular weight is 223 g/mol. The van der Waals surface area contributed by atoms with E-state index in [-0.39, 0.29) is 11.6 Å². The van der Waals surface area contributed by atoms with Gasteiger partial charge in [-0.15, -0.1) is 0 Å². The van der Waals surface area contributed by atoms with Crippen molar-refractivity contribution in [1.82, 2.24) is 15.3 Å². The zero-order valence-corrected chi connectivity index (χ0v) is 10.4. The van der Waals surface area contributed by atoms with E-state index in [2.05, 4.69) is 29.2 Å². The molecule has 1 unspecified atom stereocenters. The summed E-state index contributed by atoms with van der Waals surface area (Å²) in [5.41, 5.74) is 10.2. The first-order valence-corrected chi connectivity index (χ1v) is 5.24. The molecule has 1 aromatic rings. The molecule has 0 fully saturated rings. The van der Waals surface area contributed by atoms with Crippen LogP contribution in [-0.2, 0) is 0 Å². The monoisotopic (exact) mass is 223 g/mol. The molecule has 1 atom stereocenters. The highest BCUT2D eigenvalue weighted by atomic mass is 15.3. The number of aromatic nitrogens is 1. The molecular weight excluding hydrogens is 202 g/mol. The van der Waals surface area contributed by atoms with E-state index in [0.29, 0.717) is 5.69 Å². The maximum absolute atomic E-state index is 5.94. The smallest absolute Gasteiger partial charge is 0.0673 e. The third kappa shape index (κ3) is 2.32. The number of anilines is 1. The SMILES string of the molecule is CN(C)C(C)(C)C(NN)c1cnccc1N. The van der Waals surface area contributed by atoms with Crippen LogP contribution in [-0.4, -0.2) is 29.5 Å². The molecule has 0 amide bonds. The molecule has 16 heavy (non-hydrogen) atoms. The van der Waals surface area contributed by atoms with Crippen molar-refractivity contribution in [2.75, 3.05) is 19.8 Å². The maximum atomic E-state index is 5.94. The highest BCUT2D eigenvalue weighted by Gasteiger charge is 2.33. The molecule has 0 radical (unpaired) electrons. The van der Waals surface area contributed by atoms with Gasteiger partial charge in [-0.3, -0.25) is 16.3 Å². The standard InChI is InChI=1S/C11H21N5/c1-11(2,16(3)4)10(15-13)8-7-14-6-5-9(8)12/h5-7,10,15H,13H2,1-4H3,(H2,12,14).